The van der Waals surface area contributed by atoms with Crippen LogP contribution >= 0.6 is 0 Å². The van der Waals surface area contributed by atoms with Crippen LogP contribution in [-0.4, -0.2) is 5.91 Å². The number of hydrogen-bond donors (Lipinski definition) is 1. The van der Waals surface area contributed by atoms with Gasteiger partial charge in [-0.15, -0.1) is 0 Å². The zero-order chi connectivity index (χ0) is 15.4. The highest BCUT2D eigenvalue weighted by atomic mass is 19.1. The molecule has 0 aliphatic heterocycles. The van der Waals surface area contributed by atoms with Crippen molar-refractivity contribution >= 4 is 11.6 Å². The maximum Gasteiger partial charge on any atom is 0.255 e. The van der Waals surface area contributed by atoms with Gasteiger partial charge in [0.05, 0.1) is 0 Å². The number of hydrogen-bond acceptors (Lipinski definition) is 1. The van der Waals surface area contributed by atoms with E-state index >= 15 is 0 Å². The predicted octanol–water partition coefficient (Wildman–Crippen LogP) is 4.90. The van der Waals surface area contributed by atoms with Crippen molar-refractivity contribution in [3.63, 3.8) is 0 Å². The van der Waals surface area contributed by atoms with Crippen LogP contribution in [0.1, 0.15) is 47.7 Å². The van der Waals surface area contributed by atoms with Gasteiger partial charge in [-0.3, -0.25) is 4.79 Å². The van der Waals surface area contributed by atoms with Gasteiger partial charge in [-0.05, 0) is 60.7 Å². The van der Waals surface area contributed by atoms with Crippen LogP contribution in [0.2, 0.25) is 0 Å². The average Bonchev–Trinajstić information content (AvgIpc) is 2.47. The SMILES string of the molecule is CCC(C)c1ccc(NC(=O)c2ccc(F)cc2C)cc1. The molecule has 0 aliphatic rings. The summed E-state index contributed by atoms with van der Waals surface area (Å²) in [5, 5.41) is 2.84. The zero-order valence-corrected chi connectivity index (χ0v) is 12.6. The molecule has 110 valence electrons. The zero-order valence-electron chi connectivity index (χ0n) is 12.6. The van der Waals surface area contributed by atoms with E-state index in [9.17, 15) is 9.18 Å². The first-order chi connectivity index (χ1) is 10.0. The molecule has 0 spiro atoms. The molecule has 1 amide bonds. The van der Waals surface area contributed by atoms with E-state index in [1.165, 1.54) is 23.8 Å². The quantitative estimate of drug-likeness (QED) is 0.850. The van der Waals surface area contributed by atoms with Crippen molar-refractivity contribution < 1.29 is 9.18 Å². The molecule has 1 N–H and O–H groups in total. The number of carbonyl (C=O) groups excluding carboxylic acids is 1. The lowest BCUT2D eigenvalue weighted by molar-refractivity contribution is 0.102. The summed E-state index contributed by atoms with van der Waals surface area (Å²) in [6.45, 7) is 6.05. The van der Waals surface area contributed by atoms with Crippen LogP contribution in [-0.2, 0) is 0 Å². The molecule has 2 aromatic carbocycles. The Balaban J connectivity index is 2.12. The number of nitrogens with one attached hydrogen (secondary N) is 1. The number of halogens is 1. The summed E-state index contributed by atoms with van der Waals surface area (Å²) in [7, 11) is 0. The summed E-state index contributed by atoms with van der Waals surface area (Å²) in [4.78, 5) is 12.2. The fourth-order valence-electron chi connectivity index (χ4n) is 2.21. The normalized spacial score (nSPS) is 12.0. The predicted molar refractivity (Wildman–Crippen MR) is 84.2 cm³/mol. The van der Waals surface area contributed by atoms with Crippen LogP contribution in [0, 0.1) is 12.7 Å². The largest absolute Gasteiger partial charge is 0.322 e. The van der Waals surface area contributed by atoms with E-state index in [0.29, 0.717) is 17.0 Å². The van der Waals surface area contributed by atoms with Crippen LogP contribution in [0.25, 0.3) is 0 Å². The van der Waals surface area contributed by atoms with Gasteiger partial charge in [0.1, 0.15) is 5.82 Å². The summed E-state index contributed by atoms with van der Waals surface area (Å²) in [6.07, 6.45) is 1.08. The third-order valence-electron chi connectivity index (χ3n) is 3.78. The molecule has 0 aliphatic carbocycles. The summed E-state index contributed by atoms with van der Waals surface area (Å²) in [6, 6.07) is 12.0. The van der Waals surface area contributed by atoms with Crippen LogP contribution in [0.15, 0.2) is 42.5 Å². The minimum atomic E-state index is -0.332. The third kappa shape index (κ3) is 3.69. The lowest BCUT2D eigenvalue weighted by Gasteiger charge is -2.11. The molecule has 0 saturated carbocycles. The van der Waals surface area contributed by atoms with Gasteiger partial charge >= 0.3 is 0 Å². The Morgan fingerprint density at radius 3 is 2.43 bits per heavy atom. The van der Waals surface area contributed by atoms with Crippen LogP contribution in [0.4, 0.5) is 10.1 Å². The van der Waals surface area contributed by atoms with E-state index in [1.54, 1.807) is 6.92 Å². The average molecular weight is 285 g/mol. The number of aryl methyl sites for hydroxylation is 1. The Morgan fingerprint density at radius 1 is 1.19 bits per heavy atom. The van der Waals surface area contributed by atoms with Crippen molar-refractivity contribution in [1.82, 2.24) is 0 Å². The van der Waals surface area contributed by atoms with E-state index in [-0.39, 0.29) is 11.7 Å². The molecule has 1 atom stereocenters. The lowest BCUT2D eigenvalue weighted by atomic mass is 9.98. The van der Waals surface area contributed by atoms with E-state index < -0.39 is 0 Å². The molecule has 0 heterocycles. The molecule has 1 unspecified atom stereocenters. The van der Waals surface area contributed by atoms with Gasteiger partial charge < -0.3 is 5.32 Å². The van der Waals surface area contributed by atoms with Gasteiger partial charge in [-0.2, -0.15) is 0 Å². The summed E-state index contributed by atoms with van der Waals surface area (Å²) in [5.74, 6) is -0.0418. The Bertz CT molecular complexity index is 634. The minimum absolute atomic E-state index is 0.219. The van der Waals surface area contributed by atoms with Gasteiger partial charge in [0.15, 0.2) is 0 Å². The van der Waals surface area contributed by atoms with Crippen molar-refractivity contribution in [2.45, 2.75) is 33.1 Å². The van der Waals surface area contributed by atoms with Crippen molar-refractivity contribution in [2.75, 3.05) is 5.32 Å². The van der Waals surface area contributed by atoms with E-state index in [4.69, 9.17) is 0 Å². The number of benzene rings is 2. The van der Waals surface area contributed by atoms with E-state index in [0.717, 1.165) is 12.1 Å². The van der Waals surface area contributed by atoms with Gasteiger partial charge in [0, 0.05) is 11.3 Å². The molecule has 21 heavy (non-hydrogen) atoms. The smallest absolute Gasteiger partial charge is 0.255 e. The highest BCUT2D eigenvalue weighted by molar-refractivity contribution is 6.05. The standard InChI is InChI=1S/C18H20FNO/c1-4-12(2)14-5-8-16(9-6-14)20-18(21)17-10-7-15(19)11-13(17)3/h5-12H,4H2,1-3H3,(H,20,21). The van der Waals surface area contributed by atoms with E-state index in [2.05, 4.69) is 19.2 Å². The highest BCUT2D eigenvalue weighted by Gasteiger charge is 2.10. The van der Waals surface area contributed by atoms with Crippen LogP contribution in [0.3, 0.4) is 0 Å². The molecule has 2 rings (SSSR count). The maximum atomic E-state index is 13.1. The summed E-state index contributed by atoms with van der Waals surface area (Å²) in [5.41, 5.74) is 3.12. The van der Waals surface area contributed by atoms with Crippen molar-refractivity contribution in [3.8, 4) is 0 Å². The molecule has 0 saturated heterocycles. The van der Waals surface area contributed by atoms with Crippen molar-refractivity contribution in [3.05, 3.63) is 65.0 Å². The second-order valence-corrected chi connectivity index (χ2v) is 5.34. The summed E-state index contributed by atoms with van der Waals surface area (Å²) >= 11 is 0. The van der Waals surface area contributed by atoms with E-state index in [1.807, 2.05) is 24.3 Å². The monoisotopic (exact) mass is 285 g/mol. The molecule has 0 radical (unpaired) electrons. The number of carbonyl (C=O) groups is 1. The molecule has 0 fully saturated rings. The lowest BCUT2D eigenvalue weighted by Crippen LogP contribution is -2.13. The topological polar surface area (TPSA) is 29.1 Å². The Kier molecular flexibility index (Phi) is 4.73. The number of anilines is 1. The molecule has 2 aromatic rings. The third-order valence-corrected chi connectivity index (χ3v) is 3.78. The van der Waals surface area contributed by atoms with Crippen molar-refractivity contribution in [1.29, 1.82) is 0 Å². The minimum Gasteiger partial charge on any atom is -0.322 e. The maximum absolute atomic E-state index is 13.1. The second-order valence-electron chi connectivity index (χ2n) is 5.34. The number of amides is 1. The van der Waals surface area contributed by atoms with Crippen molar-refractivity contribution in [2.24, 2.45) is 0 Å². The Labute approximate surface area is 125 Å². The number of rotatable bonds is 4. The Hall–Kier alpha value is -2.16. The molecule has 0 bridgehead atoms. The van der Waals surface area contributed by atoms with Crippen LogP contribution < -0.4 is 5.32 Å². The van der Waals surface area contributed by atoms with Gasteiger partial charge in [-0.25, -0.2) is 4.39 Å². The first kappa shape index (κ1) is 15.2. The first-order valence-electron chi connectivity index (χ1n) is 7.18. The molecule has 0 aromatic heterocycles. The van der Waals surface area contributed by atoms with Gasteiger partial charge in [0.25, 0.3) is 5.91 Å². The fourth-order valence-corrected chi connectivity index (χ4v) is 2.21. The molecular formula is C18H20FNO. The van der Waals surface area contributed by atoms with Gasteiger partial charge in [0.2, 0.25) is 0 Å². The highest BCUT2D eigenvalue weighted by Crippen LogP contribution is 2.21. The second kappa shape index (κ2) is 6.53. The summed E-state index contributed by atoms with van der Waals surface area (Å²) < 4.78 is 13.1. The molecular weight excluding hydrogens is 265 g/mol. The van der Waals surface area contributed by atoms with Crippen LogP contribution in [0.5, 0.6) is 0 Å². The molecule has 2 nitrogen and oxygen atoms in total. The first-order valence-corrected chi connectivity index (χ1v) is 7.18. The van der Waals surface area contributed by atoms with Gasteiger partial charge in [-0.1, -0.05) is 26.0 Å². The Morgan fingerprint density at radius 2 is 1.86 bits per heavy atom. The molecule has 3 heteroatoms. The fraction of sp³-hybridized carbons (Fsp3) is 0.278.